The van der Waals surface area contributed by atoms with Crippen LogP contribution in [0.3, 0.4) is 0 Å². The fourth-order valence-corrected chi connectivity index (χ4v) is 2.57. The number of carbonyl (C=O) groups excluding carboxylic acids is 1. The van der Waals surface area contributed by atoms with Crippen LogP contribution >= 0.6 is 0 Å². The molecular formula is C13H19N7O. The van der Waals surface area contributed by atoms with Gasteiger partial charge in [-0.25, -0.2) is 5.10 Å². The predicted octanol–water partition coefficient (Wildman–Crippen LogP) is -0.0139. The zero-order chi connectivity index (χ0) is 14.7. The maximum absolute atomic E-state index is 12.4. The van der Waals surface area contributed by atoms with Crippen LogP contribution in [0.25, 0.3) is 0 Å². The van der Waals surface area contributed by atoms with Crippen LogP contribution < -0.4 is 4.90 Å². The molecule has 2 aromatic heterocycles. The number of nitrogens with one attached hydrogen (secondary N) is 1. The largest absolute Gasteiger partial charge is 0.339 e. The monoisotopic (exact) mass is 289 g/mol. The highest BCUT2D eigenvalue weighted by Crippen LogP contribution is 2.12. The van der Waals surface area contributed by atoms with E-state index in [0.29, 0.717) is 19.6 Å². The molecule has 3 heterocycles. The number of hydrogen-bond acceptors (Lipinski definition) is 5. The van der Waals surface area contributed by atoms with Crippen LogP contribution in [0.2, 0.25) is 0 Å². The maximum atomic E-state index is 12.4. The summed E-state index contributed by atoms with van der Waals surface area (Å²) in [6.07, 6.45) is 5.11. The second kappa shape index (κ2) is 5.94. The summed E-state index contributed by atoms with van der Waals surface area (Å²) in [5.74, 6) is 0.885. The summed E-state index contributed by atoms with van der Waals surface area (Å²) in [6, 6.07) is 1.87. The van der Waals surface area contributed by atoms with Crippen LogP contribution in [0.4, 0.5) is 5.95 Å². The van der Waals surface area contributed by atoms with E-state index in [9.17, 15) is 4.79 Å². The van der Waals surface area contributed by atoms with Gasteiger partial charge in [0.2, 0.25) is 11.9 Å². The van der Waals surface area contributed by atoms with Crippen LogP contribution in [0.15, 0.2) is 24.8 Å². The minimum atomic E-state index is -0.0678. The van der Waals surface area contributed by atoms with Gasteiger partial charge < -0.3 is 9.80 Å². The Morgan fingerprint density at radius 1 is 1.38 bits per heavy atom. The molecule has 1 amide bonds. The third-order valence-electron chi connectivity index (χ3n) is 3.73. The van der Waals surface area contributed by atoms with Crippen molar-refractivity contribution in [3.05, 3.63) is 24.8 Å². The molecule has 1 atom stereocenters. The number of anilines is 1. The van der Waals surface area contributed by atoms with Crippen molar-refractivity contribution in [2.45, 2.75) is 13.5 Å². The van der Waals surface area contributed by atoms with Gasteiger partial charge in [0.15, 0.2) is 0 Å². The Bertz CT molecular complexity index is 557. The standard InChI is InChI=1S/C13H19N7O/c1-11(9-20-4-2-3-16-20)12(21)18-5-7-19(8-6-18)13-14-10-15-17-13/h2-4,10-11H,5-9H2,1H3,(H,14,15,17)/t11-/m0/s1. The number of aromatic nitrogens is 5. The van der Waals surface area contributed by atoms with Crippen molar-refractivity contribution in [2.24, 2.45) is 5.92 Å². The molecule has 8 nitrogen and oxygen atoms in total. The van der Waals surface area contributed by atoms with Crippen molar-refractivity contribution in [1.82, 2.24) is 29.9 Å². The van der Waals surface area contributed by atoms with Gasteiger partial charge in [0.05, 0.1) is 12.5 Å². The number of aromatic amines is 1. The van der Waals surface area contributed by atoms with E-state index in [4.69, 9.17) is 0 Å². The Kier molecular flexibility index (Phi) is 3.85. The normalized spacial score (nSPS) is 17.0. The fraction of sp³-hybridized carbons (Fsp3) is 0.538. The molecule has 0 aliphatic carbocycles. The number of carbonyl (C=O) groups is 1. The lowest BCUT2D eigenvalue weighted by atomic mass is 10.1. The Morgan fingerprint density at radius 2 is 2.19 bits per heavy atom. The highest BCUT2D eigenvalue weighted by molar-refractivity contribution is 5.78. The molecule has 0 unspecified atom stereocenters. The lowest BCUT2D eigenvalue weighted by molar-refractivity contribution is -0.135. The van der Waals surface area contributed by atoms with E-state index in [1.807, 2.05) is 24.1 Å². The molecule has 112 valence electrons. The molecular weight excluding hydrogens is 270 g/mol. The summed E-state index contributed by atoms with van der Waals surface area (Å²) in [7, 11) is 0. The lowest BCUT2D eigenvalue weighted by Gasteiger charge is -2.35. The van der Waals surface area contributed by atoms with Crippen molar-refractivity contribution in [3.8, 4) is 0 Å². The summed E-state index contributed by atoms with van der Waals surface area (Å²) in [5.41, 5.74) is 0. The van der Waals surface area contributed by atoms with Gasteiger partial charge in [-0.1, -0.05) is 6.92 Å². The molecule has 0 bridgehead atoms. The Morgan fingerprint density at radius 3 is 2.81 bits per heavy atom. The van der Waals surface area contributed by atoms with E-state index in [-0.39, 0.29) is 11.8 Å². The number of piperazine rings is 1. The number of hydrogen-bond donors (Lipinski definition) is 1. The van der Waals surface area contributed by atoms with Crippen LogP contribution in [-0.4, -0.2) is 61.9 Å². The molecule has 0 spiro atoms. The average molecular weight is 289 g/mol. The Labute approximate surface area is 122 Å². The number of H-pyrrole nitrogens is 1. The molecule has 1 N–H and O–H groups in total. The second-order valence-electron chi connectivity index (χ2n) is 5.25. The van der Waals surface area contributed by atoms with Gasteiger partial charge in [0.25, 0.3) is 0 Å². The molecule has 0 saturated carbocycles. The second-order valence-corrected chi connectivity index (χ2v) is 5.25. The number of rotatable bonds is 4. The van der Waals surface area contributed by atoms with Crippen LogP contribution in [0.1, 0.15) is 6.92 Å². The molecule has 21 heavy (non-hydrogen) atoms. The zero-order valence-electron chi connectivity index (χ0n) is 12.0. The first-order valence-corrected chi connectivity index (χ1v) is 7.10. The molecule has 8 heteroatoms. The van der Waals surface area contributed by atoms with Gasteiger partial charge in [0, 0.05) is 38.6 Å². The smallest absolute Gasteiger partial charge is 0.227 e. The van der Waals surface area contributed by atoms with Gasteiger partial charge in [0.1, 0.15) is 6.33 Å². The first-order chi connectivity index (χ1) is 10.2. The van der Waals surface area contributed by atoms with Crippen LogP contribution in [0, 0.1) is 5.92 Å². The van der Waals surface area contributed by atoms with Gasteiger partial charge in [-0.05, 0) is 6.07 Å². The number of amides is 1. The quantitative estimate of drug-likeness (QED) is 0.855. The van der Waals surface area contributed by atoms with Gasteiger partial charge in [-0.15, -0.1) is 0 Å². The van der Waals surface area contributed by atoms with Gasteiger partial charge >= 0.3 is 0 Å². The minimum Gasteiger partial charge on any atom is -0.339 e. The zero-order valence-corrected chi connectivity index (χ0v) is 12.0. The van der Waals surface area contributed by atoms with E-state index >= 15 is 0 Å². The summed E-state index contributed by atoms with van der Waals surface area (Å²) in [4.78, 5) is 20.6. The van der Waals surface area contributed by atoms with E-state index < -0.39 is 0 Å². The van der Waals surface area contributed by atoms with Crippen molar-refractivity contribution >= 4 is 11.9 Å². The minimum absolute atomic E-state index is 0.0678. The Balaban J connectivity index is 1.52. The van der Waals surface area contributed by atoms with E-state index in [0.717, 1.165) is 19.0 Å². The summed E-state index contributed by atoms with van der Waals surface area (Å²) in [6.45, 7) is 5.54. The maximum Gasteiger partial charge on any atom is 0.227 e. The van der Waals surface area contributed by atoms with E-state index in [1.165, 1.54) is 6.33 Å². The van der Waals surface area contributed by atoms with Crippen LogP contribution in [0.5, 0.6) is 0 Å². The molecule has 3 rings (SSSR count). The topological polar surface area (TPSA) is 82.9 Å². The van der Waals surface area contributed by atoms with Crippen LogP contribution in [-0.2, 0) is 11.3 Å². The molecule has 0 aromatic carbocycles. The lowest BCUT2D eigenvalue weighted by Crippen LogP contribution is -2.50. The third kappa shape index (κ3) is 3.04. The summed E-state index contributed by atoms with van der Waals surface area (Å²) < 4.78 is 1.80. The van der Waals surface area contributed by atoms with Crippen molar-refractivity contribution in [1.29, 1.82) is 0 Å². The van der Waals surface area contributed by atoms with Gasteiger partial charge in [-0.2, -0.15) is 15.2 Å². The van der Waals surface area contributed by atoms with Crippen molar-refractivity contribution < 1.29 is 4.79 Å². The molecule has 1 fully saturated rings. The van der Waals surface area contributed by atoms with Crippen molar-refractivity contribution in [2.75, 3.05) is 31.1 Å². The molecule has 2 aromatic rings. The highest BCUT2D eigenvalue weighted by atomic mass is 16.2. The van der Waals surface area contributed by atoms with Crippen molar-refractivity contribution in [3.63, 3.8) is 0 Å². The molecule has 1 aliphatic heterocycles. The summed E-state index contributed by atoms with van der Waals surface area (Å²) >= 11 is 0. The third-order valence-corrected chi connectivity index (χ3v) is 3.73. The van der Waals surface area contributed by atoms with Gasteiger partial charge in [-0.3, -0.25) is 9.48 Å². The van der Waals surface area contributed by atoms with E-state index in [2.05, 4.69) is 25.2 Å². The number of nitrogens with zero attached hydrogens (tertiary/aromatic N) is 6. The molecule has 1 aliphatic rings. The Hall–Kier alpha value is -2.38. The first kappa shape index (κ1) is 13.6. The fourth-order valence-electron chi connectivity index (χ4n) is 2.57. The molecule has 0 radical (unpaired) electrons. The average Bonchev–Trinajstić information content (AvgIpc) is 3.20. The summed E-state index contributed by atoms with van der Waals surface area (Å²) in [5, 5.41) is 10.9. The SMILES string of the molecule is C[C@@H](Cn1cccn1)C(=O)N1CCN(c2ncn[nH]2)CC1. The highest BCUT2D eigenvalue weighted by Gasteiger charge is 2.26. The van der Waals surface area contributed by atoms with E-state index in [1.54, 1.807) is 10.9 Å². The predicted molar refractivity (Wildman–Crippen MR) is 76.6 cm³/mol. The first-order valence-electron chi connectivity index (χ1n) is 7.10. The molecule has 1 saturated heterocycles.